The number of benzene rings is 2. The molecule has 4 nitrogen and oxygen atoms in total. The van der Waals surface area contributed by atoms with Crippen LogP contribution in [0.3, 0.4) is 0 Å². The van der Waals surface area contributed by atoms with E-state index >= 15 is 0 Å². The minimum atomic E-state index is -0.0686. The maximum Gasteiger partial charge on any atom is 0.257 e. The zero-order chi connectivity index (χ0) is 15.5. The van der Waals surface area contributed by atoms with Gasteiger partial charge in [0.1, 0.15) is 5.52 Å². The SMILES string of the molecule is Cc1ccc(C)c(NC(=O)CSc2nc3ccccc3o2)c1. The Balaban J connectivity index is 1.63. The van der Waals surface area contributed by atoms with Gasteiger partial charge in [0.15, 0.2) is 5.58 Å². The second-order valence-electron chi connectivity index (χ2n) is 5.10. The molecule has 1 aromatic heterocycles. The molecule has 0 radical (unpaired) electrons. The summed E-state index contributed by atoms with van der Waals surface area (Å²) in [6, 6.07) is 13.6. The quantitative estimate of drug-likeness (QED) is 0.734. The van der Waals surface area contributed by atoms with Gasteiger partial charge in [-0.15, -0.1) is 0 Å². The largest absolute Gasteiger partial charge is 0.431 e. The summed E-state index contributed by atoms with van der Waals surface area (Å²) in [7, 11) is 0. The van der Waals surface area contributed by atoms with Crippen molar-refractivity contribution in [3.8, 4) is 0 Å². The third-order valence-corrected chi connectivity index (χ3v) is 4.10. The third-order valence-electron chi connectivity index (χ3n) is 3.27. The van der Waals surface area contributed by atoms with Gasteiger partial charge in [-0.2, -0.15) is 0 Å². The van der Waals surface area contributed by atoms with Crippen molar-refractivity contribution < 1.29 is 9.21 Å². The molecule has 3 aromatic rings. The Labute approximate surface area is 132 Å². The van der Waals surface area contributed by atoms with Crippen molar-refractivity contribution in [2.45, 2.75) is 19.1 Å². The Bertz CT molecular complexity index is 793. The number of aryl methyl sites for hydroxylation is 2. The number of carbonyl (C=O) groups excluding carboxylic acids is 1. The van der Waals surface area contributed by atoms with Crippen molar-refractivity contribution >= 4 is 34.5 Å². The molecule has 0 unspecified atom stereocenters. The van der Waals surface area contributed by atoms with Crippen LogP contribution < -0.4 is 5.32 Å². The summed E-state index contributed by atoms with van der Waals surface area (Å²) in [5.41, 5.74) is 4.56. The van der Waals surface area contributed by atoms with Crippen LogP contribution in [0.25, 0.3) is 11.1 Å². The highest BCUT2D eigenvalue weighted by Crippen LogP contribution is 2.23. The maximum absolute atomic E-state index is 12.1. The lowest BCUT2D eigenvalue weighted by atomic mass is 10.1. The molecular weight excluding hydrogens is 296 g/mol. The minimum Gasteiger partial charge on any atom is -0.431 e. The van der Waals surface area contributed by atoms with Gasteiger partial charge in [0, 0.05) is 5.69 Å². The Kier molecular flexibility index (Phi) is 4.15. The fourth-order valence-corrected chi connectivity index (χ4v) is 2.74. The summed E-state index contributed by atoms with van der Waals surface area (Å²) >= 11 is 1.29. The number of hydrogen-bond donors (Lipinski definition) is 1. The van der Waals surface area contributed by atoms with Crippen molar-refractivity contribution in [2.24, 2.45) is 0 Å². The van der Waals surface area contributed by atoms with Crippen molar-refractivity contribution in [1.29, 1.82) is 0 Å². The Morgan fingerprint density at radius 1 is 1.23 bits per heavy atom. The topological polar surface area (TPSA) is 55.1 Å². The van der Waals surface area contributed by atoms with Crippen LogP contribution in [0, 0.1) is 13.8 Å². The fourth-order valence-electron chi connectivity index (χ4n) is 2.10. The van der Waals surface area contributed by atoms with E-state index in [1.165, 1.54) is 11.8 Å². The molecule has 22 heavy (non-hydrogen) atoms. The molecule has 0 atom stereocenters. The molecule has 1 N–H and O–H groups in total. The van der Waals surface area contributed by atoms with E-state index in [2.05, 4.69) is 10.3 Å². The van der Waals surface area contributed by atoms with Crippen LogP contribution in [0.15, 0.2) is 52.1 Å². The second-order valence-corrected chi connectivity index (χ2v) is 6.03. The molecule has 1 heterocycles. The smallest absolute Gasteiger partial charge is 0.257 e. The number of rotatable bonds is 4. The fraction of sp³-hybridized carbons (Fsp3) is 0.176. The summed E-state index contributed by atoms with van der Waals surface area (Å²) in [4.78, 5) is 16.4. The number of hydrogen-bond acceptors (Lipinski definition) is 4. The first-order chi connectivity index (χ1) is 10.6. The van der Waals surface area contributed by atoms with Gasteiger partial charge in [-0.3, -0.25) is 4.79 Å². The number of carbonyl (C=O) groups is 1. The second kappa shape index (κ2) is 6.23. The predicted octanol–water partition coefficient (Wildman–Crippen LogP) is 4.18. The summed E-state index contributed by atoms with van der Waals surface area (Å²) in [5.74, 6) is 0.196. The predicted molar refractivity (Wildman–Crippen MR) is 89.3 cm³/mol. The molecule has 0 aliphatic carbocycles. The molecule has 3 rings (SSSR count). The van der Waals surface area contributed by atoms with Crippen LogP contribution in [0.2, 0.25) is 0 Å². The highest BCUT2D eigenvalue weighted by atomic mass is 32.2. The average Bonchev–Trinajstić information content (AvgIpc) is 2.92. The Morgan fingerprint density at radius 2 is 2.05 bits per heavy atom. The zero-order valence-corrected chi connectivity index (χ0v) is 13.2. The Morgan fingerprint density at radius 3 is 2.86 bits per heavy atom. The summed E-state index contributed by atoms with van der Waals surface area (Å²) in [5, 5.41) is 3.44. The van der Waals surface area contributed by atoms with Crippen molar-refractivity contribution in [3.05, 3.63) is 53.6 Å². The molecule has 0 fully saturated rings. The molecule has 1 amide bonds. The number of nitrogens with zero attached hydrogens (tertiary/aromatic N) is 1. The number of amides is 1. The van der Waals surface area contributed by atoms with Crippen LogP contribution in [0.4, 0.5) is 5.69 Å². The molecule has 112 valence electrons. The highest BCUT2D eigenvalue weighted by Gasteiger charge is 2.10. The minimum absolute atomic E-state index is 0.0686. The van der Waals surface area contributed by atoms with Crippen LogP contribution in [-0.2, 0) is 4.79 Å². The van der Waals surface area contributed by atoms with E-state index in [-0.39, 0.29) is 11.7 Å². The lowest BCUT2D eigenvalue weighted by Crippen LogP contribution is -2.14. The first-order valence-corrected chi connectivity index (χ1v) is 7.96. The number of aromatic nitrogens is 1. The molecule has 0 saturated carbocycles. The number of oxazole rings is 1. The van der Waals surface area contributed by atoms with Gasteiger partial charge in [0.25, 0.3) is 5.22 Å². The molecule has 0 aliphatic rings. The van der Waals surface area contributed by atoms with Crippen LogP contribution in [0.5, 0.6) is 0 Å². The summed E-state index contributed by atoms with van der Waals surface area (Å²) in [6.07, 6.45) is 0. The molecule has 0 aliphatic heterocycles. The molecule has 5 heteroatoms. The van der Waals surface area contributed by atoms with E-state index in [4.69, 9.17) is 4.42 Å². The highest BCUT2D eigenvalue weighted by molar-refractivity contribution is 7.99. The van der Waals surface area contributed by atoms with Gasteiger partial charge in [0.2, 0.25) is 5.91 Å². The van der Waals surface area contributed by atoms with Gasteiger partial charge in [-0.05, 0) is 43.2 Å². The van der Waals surface area contributed by atoms with Gasteiger partial charge >= 0.3 is 0 Å². The van der Waals surface area contributed by atoms with Gasteiger partial charge in [0.05, 0.1) is 5.75 Å². The summed E-state index contributed by atoms with van der Waals surface area (Å²) < 4.78 is 5.58. The lowest BCUT2D eigenvalue weighted by Gasteiger charge is -2.08. The van der Waals surface area contributed by atoms with Gasteiger partial charge in [-0.1, -0.05) is 36.0 Å². The van der Waals surface area contributed by atoms with E-state index in [9.17, 15) is 4.79 Å². The maximum atomic E-state index is 12.1. The number of anilines is 1. The normalized spacial score (nSPS) is 10.8. The van der Waals surface area contributed by atoms with Crippen molar-refractivity contribution in [1.82, 2.24) is 4.98 Å². The monoisotopic (exact) mass is 312 g/mol. The molecular formula is C17H16N2O2S. The van der Waals surface area contributed by atoms with Crippen LogP contribution in [0.1, 0.15) is 11.1 Å². The standard InChI is InChI=1S/C17H16N2O2S/c1-11-7-8-12(2)14(9-11)18-16(20)10-22-17-19-13-5-3-4-6-15(13)21-17/h3-9H,10H2,1-2H3,(H,18,20). The van der Waals surface area contributed by atoms with E-state index < -0.39 is 0 Å². The number of para-hydroxylation sites is 2. The summed E-state index contributed by atoms with van der Waals surface area (Å²) in [6.45, 7) is 3.98. The van der Waals surface area contributed by atoms with Gasteiger partial charge in [-0.25, -0.2) is 4.98 Å². The molecule has 0 saturated heterocycles. The van der Waals surface area contributed by atoms with E-state index in [1.54, 1.807) is 0 Å². The van der Waals surface area contributed by atoms with E-state index in [1.807, 2.05) is 56.3 Å². The molecule has 0 bridgehead atoms. The van der Waals surface area contributed by atoms with Crippen LogP contribution >= 0.6 is 11.8 Å². The first kappa shape index (κ1) is 14.7. The van der Waals surface area contributed by atoms with E-state index in [0.717, 1.165) is 27.9 Å². The molecule has 2 aromatic carbocycles. The number of fused-ring (bicyclic) bond motifs is 1. The van der Waals surface area contributed by atoms with Gasteiger partial charge < -0.3 is 9.73 Å². The van der Waals surface area contributed by atoms with Crippen molar-refractivity contribution in [3.63, 3.8) is 0 Å². The number of thioether (sulfide) groups is 1. The van der Waals surface area contributed by atoms with E-state index in [0.29, 0.717) is 5.22 Å². The Hall–Kier alpha value is -2.27. The first-order valence-electron chi connectivity index (χ1n) is 6.97. The average molecular weight is 312 g/mol. The van der Waals surface area contributed by atoms with Crippen LogP contribution in [-0.4, -0.2) is 16.6 Å². The van der Waals surface area contributed by atoms with Crippen molar-refractivity contribution in [2.75, 3.05) is 11.1 Å². The molecule has 0 spiro atoms. The lowest BCUT2D eigenvalue weighted by molar-refractivity contribution is -0.113. The zero-order valence-electron chi connectivity index (χ0n) is 12.4. The third kappa shape index (κ3) is 3.31. The number of nitrogens with one attached hydrogen (secondary N) is 1.